The van der Waals surface area contributed by atoms with Crippen LogP contribution in [0.1, 0.15) is 13.3 Å². The molecule has 7 heteroatoms. The number of aromatic nitrogens is 4. The zero-order valence-corrected chi connectivity index (χ0v) is 13.8. The third-order valence-corrected chi connectivity index (χ3v) is 3.52. The third-order valence-electron chi connectivity index (χ3n) is 3.52. The second-order valence-corrected chi connectivity index (χ2v) is 5.09. The van der Waals surface area contributed by atoms with E-state index in [0.29, 0.717) is 5.92 Å². The molecule has 5 nitrogen and oxygen atoms in total. The molecule has 0 fully saturated rings. The molecule has 0 aliphatic rings. The largest absolute Gasteiger partial charge is 0.347 e. The molecule has 0 radical (unpaired) electrons. The van der Waals surface area contributed by atoms with Crippen molar-refractivity contribution in [3.63, 3.8) is 0 Å². The predicted octanol–water partition coefficient (Wildman–Crippen LogP) is 3.74. The van der Waals surface area contributed by atoms with E-state index in [2.05, 4.69) is 52.2 Å². The average Bonchev–Trinajstić information content (AvgIpc) is 3.09. The lowest BCUT2D eigenvalue weighted by molar-refractivity contribution is 0.511. The molecule has 0 bridgehead atoms. The summed E-state index contributed by atoms with van der Waals surface area (Å²) in [5, 5.41) is 16.1. The van der Waals surface area contributed by atoms with Gasteiger partial charge < -0.3 is 9.98 Å². The molecule has 22 heavy (non-hydrogen) atoms. The normalized spacial score (nSPS) is 11.5. The maximum absolute atomic E-state index is 7.20. The van der Waals surface area contributed by atoms with Gasteiger partial charge in [-0.3, -0.25) is 4.57 Å². The Kier molecular flexibility index (Phi) is 6.59. The summed E-state index contributed by atoms with van der Waals surface area (Å²) in [6, 6.07) is 8.37. The van der Waals surface area contributed by atoms with E-state index in [1.807, 2.05) is 4.57 Å². The Morgan fingerprint density at radius 3 is 2.59 bits per heavy atom. The van der Waals surface area contributed by atoms with Crippen LogP contribution in [-0.4, -0.2) is 25.5 Å². The minimum Gasteiger partial charge on any atom is -0.347 e. The molecule has 118 valence electrons. The van der Waals surface area contributed by atoms with Crippen LogP contribution >= 0.6 is 24.8 Å². The van der Waals surface area contributed by atoms with Crippen molar-refractivity contribution in [2.24, 2.45) is 5.92 Å². The molecule has 0 amide bonds. The van der Waals surface area contributed by atoms with E-state index in [1.165, 1.54) is 17.1 Å². The summed E-state index contributed by atoms with van der Waals surface area (Å²) in [6.07, 6.45) is 7.83. The summed E-state index contributed by atoms with van der Waals surface area (Å²) in [4.78, 5) is 0. The van der Waals surface area contributed by atoms with E-state index >= 15 is 0 Å². The second-order valence-electron chi connectivity index (χ2n) is 5.09. The molecular formula is C15H19Cl2N5. The van der Waals surface area contributed by atoms with Gasteiger partial charge in [0.2, 0.25) is 0 Å². The fraction of sp³-hybridized carbons (Fsp3) is 0.267. The Hall–Kier alpha value is -1.85. The highest BCUT2D eigenvalue weighted by atomic mass is 35.5. The highest BCUT2D eigenvalue weighted by Gasteiger charge is 2.09. The van der Waals surface area contributed by atoms with Crippen molar-refractivity contribution in [2.75, 3.05) is 0 Å². The minimum absolute atomic E-state index is 0. The summed E-state index contributed by atoms with van der Waals surface area (Å²) in [5.74, 6) is 0.460. The fourth-order valence-electron chi connectivity index (χ4n) is 2.53. The summed E-state index contributed by atoms with van der Waals surface area (Å²) in [6.45, 7) is 3.09. The highest BCUT2D eigenvalue weighted by Crippen LogP contribution is 2.24. The number of fused-ring (bicyclic) bond motifs is 1. The molecule has 0 saturated carbocycles. The number of nitrogens with one attached hydrogen (secondary N) is 1. The molecule has 0 spiro atoms. The van der Waals surface area contributed by atoms with Gasteiger partial charge in [-0.25, -0.2) is 0 Å². The number of halogens is 2. The van der Waals surface area contributed by atoms with Gasteiger partial charge in [0, 0.05) is 18.1 Å². The lowest BCUT2D eigenvalue weighted by Gasteiger charge is -2.11. The van der Waals surface area contributed by atoms with E-state index in [9.17, 15) is 0 Å². The molecule has 1 aromatic carbocycles. The van der Waals surface area contributed by atoms with Gasteiger partial charge >= 0.3 is 0 Å². The van der Waals surface area contributed by atoms with Gasteiger partial charge in [0.15, 0.2) is 0 Å². The lowest BCUT2D eigenvalue weighted by atomic mass is 10.1. The average molecular weight is 340 g/mol. The summed E-state index contributed by atoms with van der Waals surface area (Å²) in [7, 11) is 0. The molecule has 3 aromatic rings. The van der Waals surface area contributed by atoms with Crippen molar-refractivity contribution in [1.82, 2.24) is 19.3 Å². The van der Waals surface area contributed by atoms with Crippen molar-refractivity contribution in [2.45, 2.75) is 19.9 Å². The minimum atomic E-state index is 0. The quantitative estimate of drug-likeness (QED) is 0.719. The van der Waals surface area contributed by atoms with Crippen LogP contribution in [0, 0.1) is 11.3 Å². The van der Waals surface area contributed by atoms with Crippen LogP contribution < -0.4 is 0 Å². The summed E-state index contributed by atoms with van der Waals surface area (Å²) in [5.41, 5.74) is 2.29. The number of hydrogen-bond donors (Lipinski definition) is 1. The van der Waals surface area contributed by atoms with Crippen molar-refractivity contribution in [1.29, 1.82) is 5.41 Å². The maximum Gasteiger partial charge on any atom is 0.123 e. The molecule has 2 aromatic heterocycles. The first kappa shape index (κ1) is 18.2. The molecule has 0 aliphatic heterocycles. The Labute approximate surface area is 141 Å². The van der Waals surface area contributed by atoms with Gasteiger partial charge in [0.25, 0.3) is 0 Å². The third kappa shape index (κ3) is 3.48. The second kappa shape index (κ2) is 7.96. The van der Waals surface area contributed by atoms with Gasteiger partial charge in [-0.1, -0.05) is 13.0 Å². The first-order valence-corrected chi connectivity index (χ1v) is 6.71. The zero-order valence-electron chi connectivity index (χ0n) is 12.2. The topological polar surface area (TPSA) is 59.5 Å². The first-order valence-electron chi connectivity index (χ1n) is 6.71. The number of hydrogen-bond acceptors (Lipinski definition) is 3. The summed E-state index contributed by atoms with van der Waals surface area (Å²) >= 11 is 0. The Morgan fingerprint density at radius 1 is 1.18 bits per heavy atom. The molecule has 0 aliphatic carbocycles. The zero-order chi connectivity index (χ0) is 13.9. The van der Waals surface area contributed by atoms with Gasteiger partial charge in [0.05, 0.1) is 11.2 Å². The number of benzene rings is 1. The molecular weight excluding hydrogens is 321 g/mol. The molecule has 0 saturated heterocycles. The standard InChI is InChI=1S/C15H17N5.2ClH/c1-12(5-7-16)9-19-8-6-13-14(19)3-2-4-15(13)20-10-17-18-11-20;;/h2-4,6-8,10-12,16H,5,9H2,1H3;2*1H. The van der Waals surface area contributed by atoms with Crippen LogP contribution in [0.2, 0.25) is 0 Å². The van der Waals surface area contributed by atoms with E-state index in [0.717, 1.165) is 18.7 Å². The maximum atomic E-state index is 7.20. The Balaban J connectivity index is 0.00000121. The monoisotopic (exact) mass is 339 g/mol. The van der Waals surface area contributed by atoms with Gasteiger partial charge in [-0.2, -0.15) is 0 Å². The highest BCUT2D eigenvalue weighted by molar-refractivity contribution is 5.88. The van der Waals surface area contributed by atoms with Crippen LogP contribution in [0.3, 0.4) is 0 Å². The van der Waals surface area contributed by atoms with Crippen LogP contribution in [-0.2, 0) is 6.54 Å². The lowest BCUT2D eigenvalue weighted by Crippen LogP contribution is -2.06. The number of nitrogens with zero attached hydrogens (tertiary/aromatic N) is 4. The van der Waals surface area contributed by atoms with Crippen molar-refractivity contribution >= 4 is 41.9 Å². The van der Waals surface area contributed by atoms with E-state index in [1.54, 1.807) is 12.7 Å². The number of rotatable bonds is 5. The summed E-state index contributed by atoms with van der Waals surface area (Å²) < 4.78 is 4.17. The van der Waals surface area contributed by atoms with Gasteiger partial charge in [0.1, 0.15) is 12.7 Å². The Morgan fingerprint density at radius 2 is 1.91 bits per heavy atom. The van der Waals surface area contributed by atoms with Gasteiger partial charge in [-0.05, 0) is 36.8 Å². The van der Waals surface area contributed by atoms with E-state index in [4.69, 9.17) is 5.41 Å². The van der Waals surface area contributed by atoms with Crippen molar-refractivity contribution < 1.29 is 0 Å². The van der Waals surface area contributed by atoms with Crippen LogP contribution in [0.5, 0.6) is 0 Å². The van der Waals surface area contributed by atoms with Crippen molar-refractivity contribution in [3.8, 4) is 5.69 Å². The van der Waals surface area contributed by atoms with Crippen molar-refractivity contribution in [3.05, 3.63) is 43.1 Å². The van der Waals surface area contributed by atoms with Crippen LogP contribution in [0.4, 0.5) is 0 Å². The molecule has 1 atom stereocenters. The smallest absolute Gasteiger partial charge is 0.123 e. The SMILES string of the molecule is CC(CC=N)Cn1ccc2c(-n3cnnc3)cccc21.Cl.Cl. The molecule has 1 unspecified atom stereocenters. The van der Waals surface area contributed by atoms with E-state index < -0.39 is 0 Å². The van der Waals surface area contributed by atoms with Crippen LogP contribution in [0.25, 0.3) is 16.6 Å². The first-order chi connectivity index (χ1) is 9.79. The van der Waals surface area contributed by atoms with E-state index in [-0.39, 0.29) is 24.8 Å². The predicted molar refractivity (Wildman–Crippen MR) is 93.9 cm³/mol. The van der Waals surface area contributed by atoms with Gasteiger partial charge in [-0.15, -0.1) is 35.0 Å². The van der Waals surface area contributed by atoms with Crippen LogP contribution in [0.15, 0.2) is 43.1 Å². The molecule has 3 rings (SSSR count). The molecule has 1 N–H and O–H groups in total. The molecule has 2 heterocycles. The fourth-order valence-corrected chi connectivity index (χ4v) is 2.53. The Bertz CT molecular complexity index is 721.